The molecule has 1 atom stereocenters. The van der Waals surface area contributed by atoms with E-state index in [1.165, 1.54) is 12.1 Å². The summed E-state index contributed by atoms with van der Waals surface area (Å²) in [5.74, 6) is 0. The lowest BCUT2D eigenvalue weighted by molar-refractivity contribution is -0.384. The summed E-state index contributed by atoms with van der Waals surface area (Å²) in [5.41, 5.74) is 0.793. The Bertz CT molecular complexity index is 341. The molecule has 0 radical (unpaired) electrons. The highest BCUT2D eigenvalue weighted by Crippen LogP contribution is 2.30. The van der Waals surface area contributed by atoms with Crippen LogP contribution in [0.5, 0.6) is 0 Å². The normalized spacial score (nSPS) is 12.5. The van der Waals surface area contributed by atoms with E-state index in [-0.39, 0.29) is 15.5 Å². The van der Waals surface area contributed by atoms with Gasteiger partial charge in [-0.15, -0.1) is 0 Å². The lowest BCUT2D eigenvalue weighted by Crippen LogP contribution is -1.91. The molecule has 0 aliphatic carbocycles. The predicted octanol–water partition coefficient (Wildman–Crippen LogP) is 3.70. The van der Waals surface area contributed by atoms with Gasteiger partial charge in [0.1, 0.15) is 5.02 Å². The molecule has 0 aliphatic rings. The molecule has 0 N–H and O–H groups in total. The van der Waals surface area contributed by atoms with Crippen LogP contribution in [0.1, 0.15) is 17.3 Å². The summed E-state index contributed by atoms with van der Waals surface area (Å²) < 4.78 is 0. The average Bonchev–Trinajstić information content (AvgIpc) is 2.04. The Labute approximate surface area is 89.0 Å². The highest BCUT2D eigenvalue weighted by atomic mass is 79.9. The Morgan fingerprint density at radius 1 is 1.62 bits per heavy atom. The number of nitrogens with zero attached hydrogens (tertiary/aromatic N) is 1. The summed E-state index contributed by atoms with van der Waals surface area (Å²) in [6.07, 6.45) is 0. The van der Waals surface area contributed by atoms with Crippen LogP contribution in [0, 0.1) is 10.1 Å². The van der Waals surface area contributed by atoms with Crippen molar-refractivity contribution >= 4 is 33.2 Å². The lowest BCUT2D eigenvalue weighted by atomic mass is 10.1. The molecule has 13 heavy (non-hydrogen) atoms. The second-order valence-corrected chi connectivity index (χ2v) is 4.36. The van der Waals surface area contributed by atoms with E-state index in [0.29, 0.717) is 0 Å². The number of hydrogen-bond acceptors (Lipinski definition) is 2. The molecular weight excluding hydrogens is 257 g/mol. The molecule has 0 amide bonds. The van der Waals surface area contributed by atoms with Crippen LogP contribution in [0.4, 0.5) is 5.69 Å². The topological polar surface area (TPSA) is 43.1 Å². The third-order valence-corrected chi connectivity index (χ3v) is 2.47. The summed E-state index contributed by atoms with van der Waals surface area (Å²) in [6, 6.07) is 4.77. The molecule has 0 saturated heterocycles. The average molecular weight is 265 g/mol. The molecule has 1 aromatic rings. The largest absolute Gasteiger partial charge is 0.288 e. The van der Waals surface area contributed by atoms with Crippen molar-refractivity contribution in [3.63, 3.8) is 0 Å². The van der Waals surface area contributed by atoms with Gasteiger partial charge >= 0.3 is 0 Å². The molecule has 0 aromatic heterocycles. The minimum absolute atomic E-state index is 0.0505. The zero-order valence-electron chi connectivity index (χ0n) is 6.83. The first-order chi connectivity index (χ1) is 6.02. The van der Waals surface area contributed by atoms with Gasteiger partial charge in [0.15, 0.2) is 0 Å². The summed E-state index contributed by atoms with van der Waals surface area (Å²) in [6.45, 7) is 1.90. The SMILES string of the molecule is CC(Br)c1ccc(Cl)c([N+](=O)[O-])c1. The van der Waals surface area contributed by atoms with Crippen LogP contribution in [-0.2, 0) is 0 Å². The van der Waals surface area contributed by atoms with Crippen LogP contribution in [0.15, 0.2) is 18.2 Å². The van der Waals surface area contributed by atoms with Gasteiger partial charge in [0.2, 0.25) is 0 Å². The summed E-state index contributed by atoms with van der Waals surface area (Å²) >= 11 is 8.96. The fraction of sp³-hybridized carbons (Fsp3) is 0.250. The minimum Gasteiger partial charge on any atom is -0.258 e. The van der Waals surface area contributed by atoms with Gasteiger partial charge in [-0.05, 0) is 18.6 Å². The molecule has 0 bridgehead atoms. The fourth-order valence-corrected chi connectivity index (χ4v) is 1.39. The van der Waals surface area contributed by atoms with Crippen LogP contribution in [0.25, 0.3) is 0 Å². The molecule has 3 nitrogen and oxygen atoms in total. The molecule has 0 fully saturated rings. The highest BCUT2D eigenvalue weighted by molar-refractivity contribution is 9.09. The van der Waals surface area contributed by atoms with Crippen molar-refractivity contribution in [2.75, 3.05) is 0 Å². The molecule has 0 heterocycles. The Morgan fingerprint density at radius 3 is 2.69 bits per heavy atom. The standard InChI is InChI=1S/C8H7BrClNO2/c1-5(9)6-2-3-7(10)8(4-6)11(12)13/h2-5H,1H3. The number of halogens is 2. The van der Waals surface area contributed by atoms with Gasteiger partial charge < -0.3 is 0 Å². The lowest BCUT2D eigenvalue weighted by Gasteiger charge is -2.03. The molecular formula is C8H7BrClNO2. The molecule has 0 saturated carbocycles. The van der Waals surface area contributed by atoms with Crippen molar-refractivity contribution in [3.05, 3.63) is 38.9 Å². The van der Waals surface area contributed by atoms with E-state index in [2.05, 4.69) is 15.9 Å². The van der Waals surface area contributed by atoms with E-state index in [0.717, 1.165) is 5.56 Å². The van der Waals surface area contributed by atoms with Gasteiger partial charge in [0.25, 0.3) is 5.69 Å². The first kappa shape index (κ1) is 10.5. The third kappa shape index (κ3) is 2.42. The summed E-state index contributed by atoms with van der Waals surface area (Å²) in [4.78, 5) is 10.1. The fourth-order valence-electron chi connectivity index (χ4n) is 0.917. The van der Waals surface area contributed by atoms with Gasteiger partial charge in [-0.2, -0.15) is 0 Å². The molecule has 1 unspecified atom stereocenters. The number of nitro groups is 1. The van der Waals surface area contributed by atoms with Gasteiger partial charge in [0, 0.05) is 10.9 Å². The number of benzene rings is 1. The van der Waals surface area contributed by atoms with Gasteiger partial charge in [0.05, 0.1) is 4.92 Å². The monoisotopic (exact) mass is 263 g/mol. The Morgan fingerprint density at radius 2 is 2.23 bits per heavy atom. The highest BCUT2D eigenvalue weighted by Gasteiger charge is 2.13. The maximum absolute atomic E-state index is 10.5. The first-order valence-corrected chi connectivity index (χ1v) is 4.89. The number of nitro benzene ring substituents is 1. The molecule has 5 heteroatoms. The minimum atomic E-state index is -0.485. The molecule has 70 valence electrons. The first-order valence-electron chi connectivity index (χ1n) is 3.60. The van der Waals surface area contributed by atoms with Crippen molar-refractivity contribution in [3.8, 4) is 0 Å². The van der Waals surface area contributed by atoms with Gasteiger partial charge in [-0.3, -0.25) is 10.1 Å². The Hall–Kier alpha value is -0.610. The summed E-state index contributed by atoms with van der Waals surface area (Å²) in [5, 5.41) is 10.7. The van der Waals surface area contributed by atoms with Crippen molar-refractivity contribution in [1.82, 2.24) is 0 Å². The number of rotatable bonds is 2. The zero-order chi connectivity index (χ0) is 10.0. The smallest absolute Gasteiger partial charge is 0.258 e. The second-order valence-electron chi connectivity index (χ2n) is 2.58. The van der Waals surface area contributed by atoms with Crippen LogP contribution >= 0.6 is 27.5 Å². The van der Waals surface area contributed by atoms with E-state index >= 15 is 0 Å². The molecule has 1 rings (SSSR count). The van der Waals surface area contributed by atoms with E-state index in [4.69, 9.17) is 11.6 Å². The van der Waals surface area contributed by atoms with E-state index in [1.54, 1.807) is 6.07 Å². The van der Waals surface area contributed by atoms with Crippen molar-refractivity contribution in [1.29, 1.82) is 0 Å². The van der Waals surface area contributed by atoms with Crippen molar-refractivity contribution in [2.45, 2.75) is 11.8 Å². The summed E-state index contributed by atoms with van der Waals surface area (Å²) in [7, 11) is 0. The zero-order valence-corrected chi connectivity index (χ0v) is 9.17. The van der Waals surface area contributed by atoms with Crippen molar-refractivity contribution in [2.24, 2.45) is 0 Å². The van der Waals surface area contributed by atoms with Crippen LogP contribution in [0.3, 0.4) is 0 Å². The van der Waals surface area contributed by atoms with Gasteiger partial charge in [-0.1, -0.05) is 33.6 Å². The molecule has 1 aromatic carbocycles. The maximum atomic E-state index is 10.5. The number of alkyl halides is 1. The quantitative estimate of drug-likeness (QED) is 0.464. The van der Waals surface area contributed by atoms with E-state index in [1.807, 2.05) is 6.92 Å². The van der Waals surface area contributed by atoms with Crippen LogP contribution < -0.4 is 0 Å². The van der Waals surface area contributed by atoms with Gasteiger partial charge in [-0.25, -0.2) is 0 Å². The van der Waals surface area contributed by atoms with Crippen LogP contribution in [0.2, 0.25) is 5.02 Å². The predicted molar refractivity (Wildman–Crippen MR) is 55.4 cm³/mol. The van der Waals surface area contributed by atoms with Crippen molar-refractivity contribution < 1.29 is 4.92 Å². The van der Waals surface area contributed by atoms with E-state index in [9.17, 15) is 10.1 Å². The third-order valence-electron chi connectivity index (χ3n) is 1.63. The Balaban J connectivity index is 3.19. The van der Waals surface area contributed by atoms with Crippen LogP contribution in [-0.4, -0.2) is 4.92 Å². The maximum Gasteiger partial charge on any atom is 0.288 e. The molecule has 0 spiro atoms. The number of hydrogen-bond donors (Lipinski definition) is 0. The molecule has 0 aliphatic heterocycles. The van der Waals surface area contributed by atoms with E-state index < -0.39 is 4.92 Å². The Kier molecular flexibility index (Phi) is 3.27. The second kappa shape index (κ2) is 4.07.